The van der Waals surface area contributed by atoms with Crippen molar-refractivity contribution in [3.8, 4) is 5.75 Å². The normalized spacial score (nSPS) is 13.5. The van der Waals surface area contributed by atoms with Gasteiger partial charge in [-0.1, -0.05) is 23.1 Å². The lowest BCUT2D eigenvalue weighted by Gasteiger charge is -2.09. The van der Waals surface area contributed by atoms with Crippen molar-refractivity contribution >= 4 is 65.9 Å². The van der Waals surface area contributed by atoms with Crippen LogP contribution in [0.3, 0.4) is 0 Å². The molecule has 2 N–H and O–H groups in total. The molecule has 10 heteroatoms. The van der Waals surface area contributed by atoms with Crippen LogP contribution in [-0.2, 0) is 17.6 Å². The first-order valence-corrected chi connectivity index (χ1v) is 12.1. The zero-order chi connectivity index (χ0) is 20.7. The maximum absolute atomic E-state index is 12.6. The smallest absolute Gasteiger partial charge is 0.260 e. The Balaban J connectivity index is 1.29. The van der Waals surface area contributed by atoms with E-state index in [4.69, 9.17) is 4.74 Å². The number of anilines is 1. The number of hydrogen-bond acceptors (Lipinski definition) is 8. The largest absolute Gasteiger partial charge is 0.497 e. The van der Waals surface area contributed by atoms with Crippen molar-refractivity contribution in [2.75, 3.05) is 18.2 Å². The molecule has 154 valence electrons. The number of thiazole rings is 1. The first kappa shape index (κ1) is 19.5. The van der Waals surface area contributed by atoms with Crippen LogP contribution in [0, 0.1) is 0 Å². The van der Waals surface area contributed by atoms with Gasteiger partial charge in [0.25, 0.3) is 5.56 Å². The summed E-state index contributed by atoms with van der Waals surface area (Å²) in [6.45, 7) is 0. The van der Waals surface area contributed by atoms with Crippen molar-refractivity contribution in [2.24, 2.45) is 0 Å². The molecule has 0 unspecified atom stereocenters. The molecular formula is C20H18N4O3S3. The molecule has 1 aromatic carbocycles. The average molecular weight is 459 g/mol. The van der Waals surface area contributed by atoms with E-state index in [9.17, 15) is 9.59 Å². The van der Waals surface area contributed by atoms with Crippen molar-refractivity contribution < 1.29 is 9.53 Å². The number of nitrogens with one attached hydrogen (secondary N) is 2. The molecule has 0 atom stereocenters. The van der Waals surface area contributed by atoms with E-state index < -0.39 is 0 Å². The van der Waals surface area contributed by atoms with Gasteiger partial charge < -0.3 is 15.0 Å². The number of ether oxygens (including phenoxy) is 1. The first-order valence-electron chi connectivity index (χ1n) is 9.52. The molecule has 0 aliphatic heterocycles. The van der Waals surface area contributed by atoms with Crippen LogP contribution in [0.5, 0.6) is 5.75 Å². The Labute approximate surface area is 183 Å². The van der Waals surface area contributed by atoms with Crippen LogP contribution in [0.1, 0.15) is 23.3 Å². The Morgan fingerprint density at radius 3 is 3.00 bits per heavy atom. The number of carbonyl (C=O) groups excluding carboxylic acids is 1. The second kappa shape index (κ2) is 8.01. The molecule has 0 spiro atoms. The van der Waals surface area contributed by atoms with E-state index in [2.05, 4.69) is 20.3 Å². The third-order valence-corrected chi connectivity index (χ3v) is 7.98. The van der Waals surface area contributed by atoms with Gasteiger partial charge in [0.15, 0.2) is 10.3 Å². The summed E-state index contributed by atoms with van der Waals surface area (Å²) in [5.41, 5.74) is 1.86. The molecule has 1 amide bonds. The quantitative estimate of drug-likeness (QED) is 0.343. The zero-order valence-corrected chi connectivity index (χ0v) is 18.6. The van der Waals surface area contributed by atoms with E-state index in [1.807, 2.05) is 18.2 Å². The summed E-state index contributed by atoms with van der Waals surface area (Å²) in [5.74, 6) is 0.693. The van der Waals surface area contributed by atoms with Gasteiger partial charge in [0.05, 0.1) is 28.5 Å². The van der Waals surface area contributed by atoms with Crippen LogP contribution in [0.4, 0.5) is 5.13 Å². The Kier molecular flexibility index (Phi) is 5.21. The van der Waals surface area contributed by atoms with Crippen molar-refractivity contribution in [1.29, 1.82) is 0 Å². The van der Waals surface area contributed by atoms with E-state index in [1.165, 1.54) is 28.0 Å². The van der Waals surface area contributed by atoms with Gasteiger partial charge in [-0.15, -0.1) is 11.3 Å². The lowest BCUT2D eigenvalue weighted by molar-refractivity contribution is -0.113. The Bertz CT molecular complexity index is 1320. The van der Waals surface area contributed by atoms with Gasteiger partial charge in [-0.2, -0.15) is 0 Å². The summed E-state index contributed by atoms with van der Waals surface area (Å²) in [4.78, 5) is 38.9. The highest BCUT2D eigenvalue weighted by Crippen LogP contribution is 2.34. The van der Waals surface area contributed by atoms with Gasteiger partial charge in [0, 0.05) is 4.88 Å². The van der Waals surface area contributed by atoms with E-state index in [0.717, 1.165) is 57.4 Å². The molecule has 0 bridgehead atoms. The number of fused-ring (bicyclic) bond motifs is 4. The molecule has 4 aromatic rings. The van der Waals surface area contributed by atoms with Crippen LogP contribution < -0.4 is 15.6 Å². The summed E-state index contributed by atoms with van der Waals surface area (Å²) < 4.78 is 6.16. The SMILES string of the molecule is COc1ccc2nc(NC(=O)CSc3nc4sc5c(c4c(=O)[nH]3)CCCC5)sc2c1. The monoisotopic (exact) mass is 458 g/mol. The number of aromatic amines is 1. The summed E-state index contributed by atoms with van der Waals surface area (Å²) in [7, 11) is 1.61. The number of thioether (sulfide) groups is 1. The molecular weight excluding hydrogens is 440 g/mol. The standard InChI is InChI=1S/C20H18N4O3S3/c1-27-10-6-7-12-14(8-10)30-20(21-12)22-15(25)9-28-19-23-17(26)16-11-4-2-3-5-13(11)29-18(16)24-19/h6-8H,2-5,9H2,1H3,(H,21,22,25)(H,23,24,26). The minimum atomic E-state index is -0.195. The lowest BCUT2D eigenvalue weighted by atomic mass is 9.97. The first-order chi connectivity index (χ1) is 14.6. The van der Waals surface area contributed by atoms with E-state index in [-0.39, 0.29) is 17.2 Å². The fourth-order valence-corrected chi connectivity index (χ4v) is 6.48. The minimum absolute atomic E-state index is 0.109. The molecule has 1 aliphatic rings. The van der Waals surface area contributed by atoms with Crippen LogP contribution in [0.25, 0.3) is 20.4 Å². The number of hydrogen-bond donors (Lipinski definition) is 2. The number of rotatable bonds is 5. The van der Waals surface area contributed by atoms with Gasteiger partial charge in [0.2, 0.25) is 5.91 Å². The van der Waals surface area contributed by atoms with Crippen LogP contribution in [-0.4, -0.2) is 33.7 Å². The van der Waals surface area contributed by atoms with Gasteiger partial charge in [-0.3, -0.25) is 9.59 Å². The second-order valence-corrected chi connectivity index (χ2v) is 10.0. The number of aromatic nitrogens is 3. The van der Waals surface area contributed by atoms with Gasteiger partial charge >= 0.3 is 0 Å². The van der Waals surface area contributed by atoms with Gasteiger partial charge in [-0.25, -0.2) is 9.97 Å². The van der Waals surface area contributed by atoms with Crippen molar-refractivity contribution in [1.82, 2.24) is 15.0 Å². The van der Waals surface area contributed by atoms with Crippen molar-refractivity contribution in [2.45, 2.75) is 30.8 Å². The fraction of sp³-hybridized carbons (Fsp3) is 0.300. The Morgan fingerprint density at radius 1 is 1.27 bits per heavy atom. The van der Waals surface area contributed by atoms with E-state index in [1.54, 1.807) is 18.4 Å². The van der Waals surface area contributed by atoms with Crippen molar-refractivity contribution in [3.63, 3.8) is 0 Å². The average Bonchev–Trinajstić information content (AvgIpc) is 3.31. The Morgan fingerprint density at radius 2 is 2.13 bits per heavy atom. The van der Waals surface area contributed by atoms with E-state index in [0.29, 0.717) is 10.3 Å². The minimum Gasteiger partial charge on any atom is -0.497 e. The molecule has 3 aromatic heterocycles. The number of thiophene rings is 1. The fourth-order valence-electron chi connectivity index (χ4n) is 3.59. The molecule has 3 heterocycles. The number of nitrogens with zero attached hydrogens (tertiary/aromatic N) is 2. The molecule has 0 saturated heterocycles. The molecule has 30 heavy (non-hydrogen) atoms. The van der Waals surface area contributed by atoms with Crippen LogP contribution >= 0.6 is 34.4 Å². The molecule has 0 radical (unpaired) electrons. The maximum Gasteiger partial charge on any atom is 0.260 e. The summed E-state index contributed by atoms with van der Waals surface area (Å²) in [6, 6.07) is 5.59. The van der Waals surface area contributed by atoms with Gasteiger partial charge in [-0.05, 0) is 49.4 Å². The van der Waals surface area contributed by atoms with E-state index >= 15 is 0 Å². The van der Waals surface area contributed by atoms with Crippen LogP contribution in [0.15, 0.2) is 28.2 Å². The molecule has 7 nitrogen and oxygen atoms in total. The zero-order valence-electron chi connectivity index (χ0n) is 16.1. The number of aryl methyl sites for hydroxylation is 2. The highest BCUT2D eigenvalue weighted by atomic mass is 32.2. The van der Waals surface area contributed by atoms with Gasteiger partial charge in [0.1, 0.15) is 10.6 Å². The predicted molar refractivity (Wildman–Crippen MR) is 122 cm³/mol. The summed E-state index contributed by atoms with van der Waals surface area (Å²) in [6.07, 6.45) is 4.25. The highest BCUT2D eigenvalue weighted by molar-refractivity contribution is 7.99. The second-order valence-electron chi connectivity index (χ2n) is 6.95. The maximum atomic E-state index is 12.6. The third kappa shape index (κ3) is 3.70. The van der Waals surface area contributed by atoms with Crippen LogP contribution in [0.2, 0.25) is 0 Å². The highest BCUT2D eigenvalue weighted by Gasteiger charge is 2.20. The number of amides is 1. The molecule has 0 fully saturated rings. The summed E-state index contributed by atoms with van der Waals surface area (Å²) >= 11 is 4.22. The number of methoxy groups -OCH3 is 1. The predicted octanol–water partition coefficient (Wildman–Crippen LogP) is 4.21. The molecule has 0 saturated carbocycles. The molecule has 5 rings (SSSR count). The molecule has 1 aliphatic carbocycles. The topological polar surface area (TPSA) is 97.0 Å². The lowest BCUT2D eigenvalue weighted by Crippen LogP contribution is -2.15. The third-order valence-electron chi connectivity index (χ3n) is 4.99. The number of carbonyl (C=O) groups is 1. The number of H-pyrrole nitrogens is 1. The summed E-state index contributed by atoms with van der Waals surface area (Å²) in [5, 5.41) is 4.55. The van der Waals surface area contributed by atoms with Crippen molar-refractivity contribution in [3.05, 3.63) is 39.0 Å². The Hall–Kier alpha value is -2.43. The number of benzene rings is 1.